The van der Waals surface area contributed by atoms with Crippen LogP contribution in [0.3, 0.4) is 0 Å². The normalized spacial score (nSPS) is 12.5. The number of likely N-dealkylation sites (N-methyl/N-ethyl adjacent to an activating group) is 1. The van der Waals surface area contributed by atoms with Crippen LogP contribution in [0.5, 0.6) is 0 Å². The molecule has 3 N–H and O–H groups in total. The lowest BCUT2D eigenvalue weighted by molar-refractivity contribution is -0.128. The molecule has 0 aromatic heterocycles. The number of ketones is 1. The zero-order chi connectivity index (χ0) is 24.2. The summed E-state index contributed by atoms with van der Waals surface area (Å²) in [4.78, 5) is 40.1. The van der Waals surface area contributed by atoms with Crippen molar-refractivity contribution in [2.24, 2.45) is 5.73 Å². The summed E-state index contributed by atoms with van der Waals surface area (Å²) in [6.07, 6.45) is 0. The smallest absolute Gasteiger partial charge is 0.246 e. The lowest BCUT2D eigenvalue weighted by Gasteiger charge is -2.25. The van der Waals surface area contributed by atoms with Gasteiger partial charge in [-0.2, -0.15) is 0 Å². The number of carbonyl (C=O) groups is 3. The van der Waals surface area contributed by atoms with Gasteiger partial charge in [0.25, 0.3) is 0 Å². The SMILES string of the molecule is CN(C(=O)CNC(=O)C(C)(N)c1ccccc1)c1ccc(Br)cc1C(=O)c1ccccc1Cl. The van der Waals surface area contributed by atoms with Crippen LogP contribution in [0.1, 0.15) is 28.4 Å². The van der Waals surface area contributed by atoms with E-state index in [9.17, 15) is 14.4 Å². The number of hydrogen-bond acceptors (Lipinski definition) is 4. The lowest BCUT2D eigenvalue weighted by Crippen LogP contribution is -2.51. The second-order valence-electron chi connectivity index (χ2n) is 7.67. The minimum Gasteiger partial charge on any atom is -0.345 e. The van der Waals surface area contributed by atoms with Crippen molar-refractivity contribution in [1.82, 2.24) is 5.32 Å². The van der Waals surface area contributed by atoms with Crippen molar-refractivity contribution in [3.8, 4) is 0 Å². The first-order chi connectivity index (χ1) is 15.6. The molecule has 3 aromatic rings. The second kappa shape index (κ2) is 10.3. The van der Waals surface area contributed by atoms with Gasteiger partial charge in [-0.15, -0.1) is 0 Å². The van der Waals surface area contributed by atoms with Gasteiger partial charge in [-0.1, -0.05) is 70.0 Å². The number of anilines is 1. The number of rotatable bonds is 7. The maximum Gasteiger partial charge on any atom is 0.246 e. The molecule has 0 fully saturated rings. The molecule has 0 aliphatic rings. The van der Waals surface area contributed by atoms with Gasteiger partial charge in [0.15, 0.2) is 5.78 Å². The minimum atomic E-state index is -1.30. The second-order valence-corrected chi connectivity index (χ2v) is 9.00. The highest BCUT2D eigenvalue weighted by Gasteiger charge is 2.31. The van der Waals surface area contributed by atoms with E-state index >= 15 is 0 Å². The van der Waals surface area contributed by atoms with Crippen LogP contribution in [0.25, 0.3) is 0 Å². The Labute approximate surface area is 205 Å². The fourth-order valence-electron chi connectivity index (χ4n) is 3.28. The van der Waals surface area contributed by atoms with Gasteiger partial charge in [0.1, 0.15) is 5.54 Å². The number of nitrogens with two attached hydrogens (primary N) is 1. The fraction of sp³-hybridized carbons (Fsp3) is 0.160. The van der Waals surface area contributed by atoms with E-state index < -0.39 is 17.4 Å². The molecule has 1 unspecified atom stereocenters. The summed E-state index contributed by atoms with van der Waals surface area (Å²) in [6.45, 7) is 1.30. The molecule has 0 aliphatic heterocycles. The molecule has 2 amide bonds. The minimum absolute atomic E-state index is 0.287. The van der Waals surface area contributed by atoms with Crippen molar-refractivity contribution < 1.29 is 14.4 Å². The summed E-state index contributed by atoms with van der Waals surface area (Å²) in [5, 5.41) is 2.92. The predicted octanol–water partition coefficient (Wildman–Crippen LogP) is 4.29. The van der Waals surface area contributed by atoms with Crippen LogP contribution < -0.4 is 16.0 Å². The Balaban J connectivity index is 1.79. The summed E-state index contributed by atoms with van der Waals surface area (Å²) in [5.41, 5.74) is 6.56. The van der Waals surface area contributed by atoms with Crippen LogP contribution in [0.4, 0.5) is 5.69 Å². The van der Waals surface area contributed by atoms with Gasteiger partial charge < -0.3 is 16.0 Å². The zero-order valence-corrected chi connectivity index (χ0v) is 20.5. The highest BCUT2D eigenvalue weighted by atomic mass is 79.9. The van der Waals surface area contributed by atoms with Crippen LogP contribution in [0.2, 0.25) is 5.02 Å². The highest BCUT2D eigenvalue weighted by molar-refractivity contribution is 9.10. The van der Waals surface area contributed by atoms with Crippen molar-refractivity contribution in [3.05, 3.63) is 99.0 Å². The molecule has 0 saturated carbocycles. The molecule has 3 rings (SSSR count). The van der Waals surface area contributed by atoms with E-state index in [4.69, 9.17) is 17.3 Å². The summed E-state index contributed by atoms with van der Waals surface area (Å²) in [6, 6.07) is 20.6. The van der Waals surface area contributed by atoms with Gasteiger partial charge in [0.05, 0.1) is 17.3 Å². The van der Waals surface area contributed by atoms with Gasteiger partial charge in [0.2, 0.25) is 11.8 Å². The van der Waals surface area contributed by atoms with Gasteiger partial charge in [-0.05, 0) is 42.8 Å². The van der Waals surface area contributed by atoms with Crippen LogP contribution in [-0.2, 0) is 15.1 Å². The number of halogens is 2. The highest BCUT2D eigenvalue weighted by Crippen LogP contribution is 2.28. The molecule has 0 heterocycles. The number of nitrogens with zero attached hydrogens (tertiary/aromatic N) is 1. The average Bonchev–Trinajstić information content (AvgIpc) is 2.82. The monoisotopic (exact) mass is 527 g/mol. The maximum atomic E-state index is 13.2. The van der Waals surface area contributed by atoms with Crippen LogP contribution in [-0.4, -0.2) is 31.2 Å². The topological polar surface area (TPSA) is 92.5 Å². The Bertz CT molecular complexity index is 1200. The number of nitrogens with one attached hydrogen (secondary N) is 1. The molecule has 0 aliphatic carbocycles. The van der Waals surface area contributed by atoms with E-state index in [1.54, 1.807) is 80.7 Å². The third-order valence-corrected chi connectivity index (χ3v) is 6.13. The van der Waals surface area contributed by atoms with Gasteiger partial charge in [-0.25, -0.2) is 0 Å². The first-order valence-electron chi connectivity index (χ1n) is 10.1. The van der Waals surface area contributed by atoms with Gasteiger partial charge in [-0.3, -0.25) is 14.4 Å². The van der Waals surface area contributed by atoms with Gasteiger partial charge >= 0.3 is 0 Å². The van der Waals surface area contributed by atoms with E-state index in [1.165, 1.54) is 4.90 Å². The van der Waals surface area contributed by atoms with Crippen LogP contribution in [0.15, 0.2) is 77.3 Å². The molecule has 1 atom stereocenters. The molecular formula is C25H23BrClN3O3. The van der Waals surface area contributed by atoms with Crippen molar-refractivity contribution in [2.75, 3.05) is 18.5 Å². The van der Waals surface area contributed by atoms with Crippen LogP contribution in [0, 0.1) is 0 Å². The van der Waals surface area contributed by atoms with E-state index in [-0.39, 0.29) is 12.3 Å². The molecule has 8 heteroatoms. The Kier molecular flexibility index (Phi) is 7.68. The molecular weight excluding hydrogens is 506 g/mol. The van der Waals surface area contributed by atoms with E-state index in [0.717, 1.165) is 0 Å². The maximum absolute atomic E-state index is 13.2. The summed E-state index contributed by atoms with van der Waals surface area (Å²) in [5.74, 6) is -1.22. The number of hydrogen-bond donors (Lipinski definition) is 2. The first-order valence-corrected chi connectivity index (χ1v) is 11.3. The molecule has 33 heavy (non-hydrogen) atoms. The molecule has 3 aromatic carbocycles. The summed E-state index contributed by atoms with van der Waals surface area (Å²) < 4.78 is 0.678. The average molecular weight is 529 g/mol. The molecule has 6 nitrogen and oxygen atoms in total. The molecule has 0 radical (unpaired) electrons. The summed E-state index contributed by atoms with van der Waals surface area (Å²) in [7, 11) is 1.54. The Hall–Kier alpha value is -3.00. The zero-order valence-electron chi connectivity index (χ0n) is 18.1. The fourth-order valence-corrected chi connectivity index (χ4v) is 3.86. The van der Waals surface area contributed by atoms with Crippen molar-refractivity contribution in [3.63, 3.8) is 0 Å². The Morgan fingerprint density at radius 2 is 1.64 bits per heavy atom. The largest absolute Gasteiger partial charge is 0.345 e. The van der Waals surface area contributed by atoms with E-state index in [0.29, 0.717) is 31.9 Å². The summed E-state index contributed by atoms with van der Waals surface area (Å²) >= 11 is 9.58. The Morgan fingerprint density at radius 3 is 2.30 bits per heavy atom. The molecule has 0 saturated heterocycles. The Morgan fingerprint density at radius 1 is 1.00 bits per heavy atom. The standard InChI is InChI=1S/C25H23BrClN3O3/c1-25(28,16-8-4-3-5-9-16)24(33)29-15-22(31)30(2)21-13-12-17(26)14-19(21)23(32)18-10-6-7-11-20(18)27/h3-14H,15,28H2,1-2H3,(H,29,33). The first kappa shape index (κ1) is 24.6. The molecule has 0 bridgehead atoms. The van der Waals surface area contributed by atoms with Crippen molar-refractivity contribution >= 4 is 50.8 Å². The van der Waals surface area contributed by atoms with Crippen molar-refractivity contribution in [2.45, 2.75) is 12.5 Å². The van der Waals surface area contributed by atoms with Gasteiger partial charge in [0, 0.05) is 22.6 Å². The molecule has 170 valence electrons. The molecule has 0 spiro atoms. The predicted molar refractivity (Wildman–Crippen MR) is 133 cm³/mol. The quantitative estimate of drug-likeness (QED) is 0.448. The van der Waals surface area contributed by atoms with E-state index in [1.807, 2.05) is 6.07 Å². The van der Waals surface area contributed by atoms with Crippen molar-refractivity contribution in [1.29, 1.82) is 0 Å². The number of carbonyl (C=O) groups excluding carboxylic acids is 3. The third-order valence-electron chi connectivity index (χ3n) is 5.30. The number of amides is 2. The third kappa shape index (κ3) is 5.50. The number of benzene rings is 3. The van der Waals surface area contributed by atoms with E-state index in [2.05, 4.69) is 21.2 Å². The lowest BCUT2D eigenvalue weighted by atomic mass is 9.92. The van der Waals surface area contributed by atoms with Crippen LogP contribution >= 0.6 is 27.5 Å².